The number of anilines is 1. The molecule has 19 heavy (non-hydrogen) atoms. The van der Waals surface area contributed by atoms with E-state index in [1.54, 1.807) is 10.3 Å². The van der Waals surface area contributed by atoms with E-state index in [4.69, 9.17) is 0 Å². The minimum atomic E-state index is 0.514. The molecule has 5 nitrogen and oxygen atoms in total. The Morgan fingerprint density at radius 3 is 3.16 bits per heavy atom. The molecule has 0 amide bonds. The van der Waals surface area contributed by atoms with E-state index < -0.39 is 0 Å². The molecule has 1 fully saturated rings. The average molecular weight is 277 g/mol. The van der Waals surface area contributed by atoms with Gasteiger partial charge < -0.3 is 10.2 Å². The van der Waals surface area contributed by atoms with E-state index in [2.05, 4.69) is 39.9 Å². The van der Waals surface area contributed by atoms with Crippen molar-refractivity contribution >= 4 is 29.7 Å². The summed E-state index contributed by atoms with van der Waals surface area (Å²) in [5.74, 6) is 1.02. The number of rotatable bonds is 3. The summed E-state index contributed by atoms with van der Waals surface area (Å²) < 4.78 is 1.74. The van der Waals surface area contributed by atoms with Crippen LogP contribution in [0.3, 0.4) is 0 Å². The highest BCUT2D eigenvalue weighted by Gasteiger charge is 2.23. The Labute approximate surface area is 118 Å². The van der Waals surface area contributed by atoms with Crippen molar-refractivity contribution in [2.75, 3.05) is 24.5 Å². The molecule has 1 aliphatic rings. The maximum absolute atomic E-state index is 4.51. The van der Waals surface area contributed by atoms with Crippen LogP contribution in [-0.2, 0) is 0 Å². The minimum absolute atomic E-state index is 0.514. The lowest BCUT2D eigenvalue weighted by molar-refractivity contribution is 0.434. The van der Waals surface area contributed by atoms with Crippen LogP contribution in [0.15, 0.2) is 18.6 Å². The van der Waals surface area contributed by atoms with Crippen molar-refractivity contribution in [3.8, 4) is 0 Å². The van der Waals surface area contributed by atoms with Gasteiger partial charge in [-0.05, 0) is 32.4 Å². The van der Waals surface area contributed by atoms with Crippen molar-refractivity contribution in [2.24, 2.45) is 0 Å². The standard InChI is InChI=1S/C13H19N5S/c1-2-17(10-4-3-6-14-8-10)12-11-5-7-18(19)13(11)16-9-15-12/h5,7,9-10,14,19H,2-4,6,8H2,1H3/t10-/m0/s1. The van der Waals surface area contributed by atoms with E-state index in [1.165, 1.54) is 12.8 Å². The summed E-state index contributed by atoms with van der Waals surface area (Å²) in [6, 6.07) is 2.55. The number of piperidine rings is 1. The second kappa shape index (κ2) is 5.38. The van der Waals surface area contributed by atoms with E-state index in [0.717, 1.165) is 36.5 Å². The van der Waals surface area contributed by atoms with E-state index in [1.807, 2.05) is 12.3 Å². The molecule has 6 heteroatoms. The largest absolute Gasteiger partial charge is 0.352 e. The second-order valence-corrected chi connectivity index (χ2v) is 5.31. The molecule has 2 aromatic rings. The molecule has 2 aromatic heterocycles. The van der Waals surface area contributed by atoms with Crippen molar-refractivity contribution in [3.63, 3.8) is 0 Å². The Balaban J connectivity index is 2.00. The predicted molar refractivity (Wildman–Crippen MR) is 80.8 cm³/mol. The van der Waals surface area contributed by atoms with E-state index in [-0.39, 0.29) is 0 Å². The van der Waals surface area contributed by atoms with Crippen LogP contribution < -0.4 is 10.2 Å². The van der Waals surface area contributed by atoms with Gasteiger partial charge in [0.05, 0.1) is 5.39 Å². The highest BCUT2D eigenvalue weighted by Crippen LogP contribution is 2.27. The molecule has 3 rings (SSSR count). The van der Waals surface area contributed by atoms with Crippen LogP contribution in [0.1, 0.15) is 19.8 Å². The van der Waals surface area contributed by atoms with Gasteiger partial charge >= 0.3 is 0 Å². The summed E-state index contributed by atoms with van der Waals surface area (Å²) in [5.41, 5.74) is 0.871. The Morgan fingerprint density at radius 2 is 2.42 bits per heavy atom. The molecule has 1 N–H and O–H groups in total. The topological polar surface area (TPSA) is 46.0 Å². The third-order valence-corrected chi connectivity index (χ3v) is 4.09. The molecule has 0 bridgehead atoms. The third kappa shape index (κ3) is 2.30. The van der Waals surface area contributed by atoms with Gasteiger partial charge in [0, 0.05) is 25.3 Å². The van der Waals surface area contributed by atoms with Crippen LogP contribution in [-0.4, -0.2) is 39.6 Å². The number of thiol groups is 1. The number of likely N-dealkylation sites (N-methyl/N-ethyl adjacent to an activating group) is 1. The van der Waals surface area contributed by atoms with Crippen molar-refractivity contribution < 1.29 is 0 Å². The SMILES string of the molecule is CCN(c1ncnc2c1ccn2S)[C@H]1CCCNC1. The Hall–Kier alpha value is -1.27. The molecule has 1 saturated heterocycles. The molecule has 0 aliphatic carbocycles. The summed E-state index contributed by atoms with van der Waals surface area (Å²) in [6.07, 6.45) is 5.99. The van der Waals surface area contributed by atoms with Gasteiger partial charge in [0.1, 0.15) is 12.1 Å². The van der Waals surface area contributed by atoms with Gasteiger partial charge in [-0.2, -0.15) is 0 Å². The first-order valence-electron chi connectivity index (χ1n) is 6.80. The lowest BCUT2D eigenvalue weighted by Gasteiger charge is -2.35. The van der Waals surface area contributed by atoms with Crippen molar-refractivity contribution in [3.05, 3.63) is 18.6 Å². The van der Waals surface area contributed by atoms with E-state index in [0.29, 0.717) is 6.04 Å². The van der Waals surface area contributed by atoms with Crippen LogP contribution in [0.25, 0.3) is 11.0 Å². The number of hydrogen-bond donors (Lipinski definition) is 2. The first-order valence-corrected chi connectivity index (χ1v) is 7.20. The lowest BCUT2D eigenvalue weighted by Crippen LogP contribution is -2.46. The minimum Gasteiger partial charge on any atom is -0.352 e. The van der Waals surface area contributed by atoms with E-state index >= 15 is 0 Å². The molecule has 1 atom stereocenters. The van der Waals surface area contributed by atoms with Gasteiger partial charge in [0.2, 0.25) is 0 Å². The van der Waals surface area contributed by atoms with Gasteiger partial charge in [-0.15, -0.1) is 0 Å². The van der Waals surface area contributed by atoms with Crippen molar-refractivity contribution in [1.82, 2.24) is 19.3 Å². The number of hydrogen-bond acceptors (Lipinski definition) is 5. The molecule has 102 valence electrons. The summed E-state index contributed by atoms with van der Waals surface area (Å²) in [7, 11) is 0. The Morgan fingerprint density at radius 1 is 1.53 bits per heavy atom. The number of nitrogens with one attached hydrogen (secondary N) is 1. The fourth-order valence-electron chi connectivity index (χ4n) is 2.83. The van der Waals surface area contributed by atoms with Gasteiger partial charge in [-0.3, -0.25) is 3.97 Å². The van der Waals surface area contributed by atoms with Crippen LogP contribution in [0.2, 0.25) is 0 Å². The molecule has 0 aromatic carbocycles. The molecule has 0 spiro atoms. The van der Waals surface area contributed by atoms with Gasteiger partial charge in [-0.25, -0.2) is 9.97 Å². The van der Waals surface area contributed by atoms with E-state index in [9.17, 15) is 0 Å². The van der Waals surface area contributed by atoms with Crippen LogP contribution in [0.5, 0.6) is 0 Å². The average Bonchev–Trinajstić information content (AvgIpc) is 2.84. The molecule has 3 heterocycles. The first kappa shape index (κ1) is 12.7. The van der Waals surface area contributed by atoms with Gasteiger partial charge in [-0.1, -0.05) is 12.8 Å². The summed E-state index contributed by atoms with van der Waals surface area (Å²) >= 11 is 4.37. The molecular weight excluding hydrogens is 258 g/mol. The van der Waals surface area contributed by atoms with Gasteiger partial charge in [0.25, 0.3) is 0 Å². The fourth-order valence-corrected chi connectivity index (χ4v) is 3.06. The molecule has 0 radical (unpaired) electrons. The number of nitrogens with zero attached hydrogens (tertiary/aromatic N) is 4. The van der Waals surface area contributed by atoms with Crippen molar-refractivity contribution in [2.45, 2.75) is 25.8 Å². The normalized spacial score (nSPS) is 19.8. The highest BCUT2D eigenvalue weighted by atomic mass is 32.1. The fraction of sp³-hybridized carbons (Fsp3) is 0.538. The third-order valence-electron chi connectivity index (χ3n) is 3.77. The Kier molecular flexibility index (Phi) is 3.61. The molecule has 1 aliphatic heterocycles. The lowest BCUT2D eigenvalue weighted by atomic mass is 10.1. The van der Waals surface area contributed by atoms with Crippen molar-refractivity contribution in [1.29, 1.82) is 0 Å². The monoisotopic (exact) mass is 277 g/mol. The smallest absolute Gasteiger partial charge is 0.155 e. The van der Waals surface area contributed by atoms with Crippen LogP contribution in [0, 0.1) is 0 Å². The Bertz CT molecular complexity index is 561. The summed E-state index contributed by atoms with van der Waals surface area (Å²) in [5, 5.41) is 4.54. The number of fused-ring (bicyclic) bond motifs is 1. The summed E-state index contributed by atoms with van der Waals surface area (Å²) in [6.45, 7) is 5.29. The molecular formula is C13H19N5S. The van der Waals surface area contributed by atoms with Crippen LogP contribution in [0.4, 0.5) is 5.82 Å². The molecule has 0 unspecified atom stereocenters. The highest BCUT2D eigenvalue weighted by molar-refractivity contribution is 7.78. The maximum atomic E-state index is 4.51. The zero-order valence-electron chi connectivity index (χ0n) is 11.1. The summed E-state index contributed by atoms with van der Waals surface area (Å²) in [4.78, 5) is 11.2. The molecule has 0 saturated carbocycles. The second-order valence-electron chi connectivity index (χ2n) is 4.88. The quantitative estimate of drug-likeness (QED) is 0.838. The number of aromatic nitrogens is 3. The zero-order chi connectivity index (χ0) is 13.2. The predicted octanol–water partition coefficient (Wildman–Crippen LogP) is 1.70. The van der Waals surface area contributed by atoms with Gasteiger partial charge in [0.15, 0.2) is 5.65 Å². The first-order chi connectivity index (χ1) is 9.31. The van der Waals surface area contributed by atoms with Crippen LogP contribution >= 0.6 is 12.8 Å². The maximum Gasteiger partial charge on any atom is 0.155 e. The zero-order valence-corrected chi connectivity index (χ0v) is 12.0.